The first-order valence-corrected chi connectivity index (χ1v) is 14.3. The van der Waals surface area contributed by atoms with Crippen molar-refractivity contribution >= 4 is 23.7 Å². The van der Waals surface area contributed by atoms with E-state index in [1.165, 1.54) is 7.11 Å². The van der Waals surface area contributed by atoms with Crippen LogP contribution in [0, 0.1) is 39.9 Å². The van der Waals surface area contributed by atoms with Gasteiger partial charge in [0.1, 0.15) is 18.0 Å². The summed E-state index contributed by atoms with van der Waals surface area (Å²) in [7, 11) is 1.20. The van der Waals surface area contributed by atoms with Gasteiger partial charge in [0.05, 0.1) is 32.0 Å². The number of esters is 3. The zero-order chi connectivity index (χ0) is 30.1. The van der Waals surface area contributed by atoms with Crippen molar-refractivity contribution in [2.75, 3.05) is 7.11 Å². The summed E-state index contributed by atoms with van der Waals surface area (Å²) < 4.78 is 22.2. The molecule has 222 valence electrons. The summed E-state index contributed by atoms with van der Waals surface area (Å²) in [5.74, 6) is -4.27. The van der Waals surface area contributed by atoms with Gasteiger partial charge < -0.3 is 23.7 Å². The van der Waals surface area contributed by atoms with Crippen molar-refractivity contribution in [2.24, 2.45) is 39.9 Å². The van der Waals surface area contributed by atoms with E-state index in [0.29, 0.717) is 18.4 Å². The number of ether oxygens (including phenoxy) is 3. The highest BCUT2D eigenvalue weighted by Crippen LogP contribution is 2.68. The Morgan fingerprint density at radius 3 is 2.49 bits per heavy atom. The van der Waals surface area contributed by atoms with Gasteiger partial charge in [0.25, 0.3) is 0 Å². The van der Waals surface area contributed by atoms with Crippen LogP contribution in [0.2, 0.25) is 0 Å². The maximum absolute atomic E-state index is 14.5. The molecular formula is C32H40O9. The second-order valence-corrected chi connectivity index (χ2v) is 13.2. The first-order chi connectivity index (χ1) is 19.2. The number of aliphatic hydroxyl groups is 1. The predicted molar refractivity (Wildman–Crippen MR) is 146 cm³/mol. The SMILES string of the molecule is C/C=C(\C)C(=O)O[C@@H]1C2C=C3C(CC[C@@]4(C)C3CC(=O)O[C@H]4c3ccoc3)[C@](C)(C2=O)C(C(O)C(=O)OC)C1(C)C. The van der Waals surface area contributed by atoms with E-state index < -0.39 is 58.3 Å². The molecule has 2 saturated carbocycles. The minimum Gasteiger partial charge on any atom is -0.472 e. The summed E-state index contributed by atoms with van der Waals surface area (Å²) in [5, 5.41) is 11.5. The van der Waals surface area contributed by atoms with Crippen LogP contribution in [-0.4, -0.2) is 48.1 Å². The van der Waals surface area contributed by atoms with E-state index >= 15 is 0 Å². The summed E-state index contributed by atoms with van der Waals surface area (Å²) in [6.07, 6.45) is 4.96. The highest BCUT2D eigenvalue weighted by atomic mass is 16.6. The average Bonchev–Trinajstić information content (AvgIpc) is 3.46. The van der Waals surface area contributed by atoms with Gasteiger partial charge in [-0.15, -0.1) is 0 Å². The van der Waals surface area contributed by atoms with E-state index in [4.69, 9.17) is 18.6 Å². The molecule has 2 heterocycles. The Kier molecular flexibility index (Phi) is 7.12. The molecule has 1 N–H and O–H groups in total. The van der Waals surface area contributed by atoms with Crippen LogP contribution in [-0.2, 0) is 33.4 Å². The van der Waals surface area contributed by atoms with E-state index in [0.717, 1.165) is 11.1 Å². The second-order valence-electron chi connectivity index (χ2n) is 13.2. The fraction of sp³-hybridized carbons (Fsp3) is 0.625. The molecule has 9 nitrogen and oxygen atoms in total. The van der Waals surface area contributed by atoms with Crippen molar-refractivity contribution in [1.82, 2.24) is 0 Å². The quantitative estimate of drug-likeness (QED) is 0.236. The topological polar surface area (TPSA) is 129 Å². The molecular weight excluding hydrogens is 528 g/mol. The third-order valence-electron chi connectivity index (χ3n) is 10.8. The highest BCUT2D eigenvalue weighted by molar-refractivity contribution is 5.95. The van der Waals surface area contributed by atoms with Crippen LogP contribution in [0.5, 0.6) is 0 Å². The van der Waals surface area contributed by atoms with Crippen LogP contribution >= 0.6 is 0 Å². The van der Waals surface area contributed by atoms with Crippen LogP contribution in [0.15, 0.2) is 46.3 Å². The smallest absolute Gasteiger partial charge is 0.335 e. The predicted octanol–water partition coefficient (Wildman–Crippen LogP) is 4.50. The Morgan fingerprint density at radius 1 is 1.17 bits per heavy atom. The Labute approximate surface area is 240 Å². The van der Waals surface area contributed by atoms with Gasteiger partial charge in [0.15, 0.2) is 6.10 Å². The van der Waals surface area contributed by atoms with Crippen molar-refractivity contribution in [2.45, 2.75) is 79.1 Å². The number of cyclic esters (lactones) is 1. The van der Waals surface area contributed by atoms with Gasteiger partial charge in [-0.3, -0.25) is 9.59 Å². The van der Waals surface area contributed by atoms with E-state index in [1.54, 1.807) is 38.5 Å². The van der Waals surface area contributed by atoms with Crippen molar-refractivity contribution in [3.63, 3.8) is 0 Å². The summed E-state index contributed by atoms with van der Waals surface area (Å²) in [6.45, 7) is 11.0. The average molecular weight is 569 g/mol. The minimum absolute atomic E-state index is 0.139. The minimum atomic E-state index is -1.63. The molecule has 0 radical (unpaired) electrons. The first kappa shape index (κ1) is 29.3. The van der Waals surface area contributed by atoms with E-state index in [1.807, 2.05) is 26.8 Å². The molecule has 1 aliphatic heterocycles. The molecule has 4 aliphatic rings. The zero-order valence-electron chi connectivity index (χ0n) is 24.8. The lowest BCUT2D eigenvalue weighted by atomic mass is 9.40. The first-order valence-electron chi connectivity index (χ1n) is 14.3. The Bertz CT molecular complexity index is 1320. The number of methoxy groups -OCH3 is 1. The van der Waals surface area contributed by atoms with Crippen molar-refractivity contribution in [3.05, 3.63) is 47.5 Å². The van der Waals surface area contributed by atoms with Crippen LogP contribution in [0.1, 0.15) is 72.5 Å². The van der Waals surface area contributed by atoms with E-state index in [-0.39, 0.29) is 30.0 Å². The number of hydrogen-bond acceptors (Lipinski definition) is 9. The number of carbonyl (C=O) groups excluding carboxylic acids is 4. The number of rotatable bonds is 5. The van der Waals surface area contributed by atoms with Crippen LogP contribution in [0.25, 0.3) is 0 Å². The van der Waals surface area contributed by atoms with Crippen molar-refractivity contribution in [1.29, 1.82) is 0 Å². The maximum Gasteiger partial charge on any atom is 0.335 e. The number of ketones is 1. The second kappa shape index (κ2) is 9.96. The lowest BCUT2D eigenvalue weighted by Crippen LogP contribution is -2.69. The molecule has 1 saturated heterocycles. The van der Waals surface area contributed by atoms with Gasteiger partial charge >= 0.3 is 17.9 Å². The van der Waals surface area contributed by atoms with Crippen LogP contribution < -0.4 is 0 Å². The van der Waals surface area contributed by atoms with Crippen molar-refractivity contribution in [3.8, 4) is 0 Å². The molecule has 3 fully saturated rings. The number of carbonyl (C=O) groups is 4. The fourth-order valence-corrected chi connectivity index (χ4v) is 8.68. The number of fused-ring (bicyclic) bond motifs is 6. The van der Waals surface area contributed by atoms with E-state index in [2.05, 4.69) is 6.92 Å². The van der Waals surface area contributed by atoms with Crippen molar-refractivity contribution < 1.29 is 42.9 Å². The lowest BCUT2D eigenvalue weighted by Gasteiger charge is -2.64. The van der Waals surface area contributed by atoms with Crippen LogP contribution in [0.3, 0.4) is 0 Å². The van der Waals surface area contributed by atoms with Gasteiger partial charge in [-0.05, 0) is 44.6 Å². The molecule has 0 spiro atoms. The third kappa shape index (κ3) is 4.14. The Hall–Kier alpha value is -3.20. The number of hydrogen-bond donors (Lipinski definition) is 1. The molecule has 0 aromatic carbocycles. The summed E-state index contributed by atoms with van der Waals surface area (Å²) in [5.41, 5.74) is -0.563. The summed E-state index contributed by atoms with van der Waals surface area (Å²) in [4.78, 5) is 53.4. The normalized spacial score (nSPS) is 38.5. The molecule has 5 unspecified atom stereocenters. The molecule has 3 aliphatic carbocycles. The number of Topliss-reactive ketones (excluding diaryl/α,β-unsaturated/α-hetero) is 1. The highest BCUT2D eigenvalue weighted by Gasteiger charge is 2.70. The Balaban J connectivity index is 1.69. The molecule has 2 bridgehead atoms. The Morgan fingerprint density at radius 2 is 1.88 bits per heavy atom. The van der Waals surface area contributed by atoms with Gasteiger partial charge in [-0.1, -0.05) is 45.4 Å². The molecule has 1 aromatic rings. The molecule has 1 aromatic heterocycles. The fourth-order valence-electron chi connectivity index (χ4n) is 8.68. The third-order valence-corrected chi connectivity index (χ3v) is 10.8. The van der Waals surface area contributed by atoms with Crippen LogP contribution in [0.4, 0.5) is 0 Å². The molecule has 0 amide bonds. The standard InChI is InChI=1S/C32H40O9/c1-8-16(2)28(36)41-27-19-13-18-20(32(6,25(19)35)24(30(27,3)4)23(34)29(37)38-7)9-11-31(5)21(18)14-22(33)40-26(31)17-10-12-39-15-17/h8,10,12-13,15,19-21,23-24,26-27,34H,9,11,14H2,1-7H3/b16-8+/t19?,20?,21?,23?,24?,26-,27+,31-,32-/m0/s1. The molecule has 41 heavy (non-hydrogen) atoms. The lowest BCUT2D eigenvalue weighted by molar-refractivity contribution is -0.208. The molecule has 9 atom stereocenters. The maximum atomic E-state index is 14.5. The summed E-state index contributed by atoms with van der Waals surface area (Å²) in [6, 6.07) is 1.80. The van der Waals surface area contributed by atoms with Gasteiger partial charge in [0, 0.05) is 33.3 Å². The van der Waals surface area contributed by atoms with Gasteiger partial charge in [-0.2, -0.15) is 0 Å². The number of allylic oxidation sites excluding steroid dienone is 2. The van der Waals surface area contributed by atoms with Gasteiger partial charge in [-0.25, -0.2) is 9.59 Å². The summed E-state index contributed by atoms with van der Waals surface area (Å²) >= 11 is 0. The molecule has 9 heteroatoms. The number of aliphatic hydroxyl groups excluding tert-OH is 1. The monoisotopic (exact) mass is 568 g/mol. The van der Waals surface area contributed by atoms with E-state index in [9.17, 15) is 24.3 Å². The zero-order valence-corrected chi connectivity index (χ0v) is 24.8. The van der Waals surface area contributed by atoms with Gasteiger partial charge in [0.2, 0.25) is 0 Å². The number of furan rings is 1. The molecule has 5 rings (SSSR count). The largest absolute Gasteiger partial charge is 0.472 e.